The SMILES string of the molecule is FC(F)(F)c1ncnc(-c2ccccc2)c1Cl. The van der Waals surface area contributed by atoms with Gasteiger partial charge in [-0.2, -0.15) is 13.2 Å². The summed E-state index contributed by atoms with van der Waals surface area (Å²) in [5.41, 5.74) is -0.520. The van der Waals surface area contributed by atoms with Gasteiger partial charge in [-0.05, 0) is 0 Å². The molecule has 0 amide bonds. The van der Waals surface area contributed by atoms with Crippen LogP contribution in [0.3, 0.4) is 0 Å². The molecule has 1 aromatic carbocycles. The molecule has 0 N–H and O–H groups in total. The van der Waals surface area contributed by atoms with E-state index in [1.165, 1.54) is 0 Å². The van der Waals surface area contributed by atoms with E-state index in [0.29, 0.717) is 5.56 Å². The van der Waals surface area contributed by atoms with Gasteiger partial charge in [0.15, 0.2) is 5.69 Å². The third-order valence-electron chi connectivity index (χ3n) is 2.11. The van der Waals surface area contributed by atoms with Gasteiger partial charge in [0.1, 0.15) is 6.33 Å². The van der Waals surface area contributed by atoms with Crippen molar-refractivity contribution < 1.29 is 13.2 Å². The van der Waals surface area contributed by atoms with E-state index in [0.717, 1.165) is 6.33 Å². The van der Waals surface area contributed by atoms with Crippen LogP contribution in [-0.4, -0.2) is 9.97 Å². The number of hydrogen-bond acceptors (Lipinski definition) is 2. The number of halogens is 4. The Hall–Kier alpha value is -1.62. The summed E-state index contributed by atoms with van der Waals surface area (Å²) in [6.45, 7) is 0. The van der Waals surface area contributed by atoms with E-state index in [1.807, 2.05) is 0 Å². The second kappa shape index (κ2) is 4.33. The van der Waals surface area contributed by atoms with Crippen molar-refractivity contribution in [3.63, 3.8) is 0 Å². The molecule has 0 spiro atoms. The Morgan fingerprint density at radius 1 is 1.00 bits per heavy atom. The molecule has 0 saturated heterocycles. The van der Waals surface area contributed by atoms with E-state index >= 15 is 0 Å². The fraction of sp³-hybridized carbons (Fsp3) is 0.0909. The molecule has 2 nitrogen and oxygen atoms in total. The van der Waals surface area contributed by atoms with Gasteiger partial charge in [-0.25, -0.2) is 9.97 Å². The van der Waals surface area contributed by atoms with Gasteiger partial charge in [0.25, 0.3) is 0 Å². The summed E-state index contributed by atoms with van der Waals surface area (Å²) >= 11 is 5.68. The van der Waals surface area contributed by atoms with Crippen LogP contribution in [0.25, 0.3) is 11.3 Å². The standard InChI is InChI=1S/C11H6ClF3N2/c12-8-9(7-4-2-1-3-5-7)16-6-17-10(8)11(13,14)15/h1-6H. The number of alkyl halides is 3. The van der Waals surface area contributed by atoms with Crippen LogP contribution in [-0.2, 0) is 6.18 Å². The first kappa shape index (κ1) is 11.9. The summed E-state index contributed by atoms with van der Waals surface area (Å²) in [5.74, 6) is 0. The molecule has 6 heteroatoms. The van der Waals surface area contributed by atoms with E-state index in [1.54, 1.807) is 30.3 Å². The molecule has 0 radical (unpaired) electrons. The zero-order valence-electron chi connectivity index (χ0n) is 8.37. The number of benzene rings is 1. The van der Waals surface area contributed by atoms with Crippen molar-refractivity contribution in [1.29, 1.82) is 0 Å². The summed E-state index contributed by atoms with van der Waals surface area (Å²) in [7, 11) is 0. The molecule has 88 valence electrons. The molecule has 1 aromatic heterocycles. The number of nitrogens with zero attached hydrogens (tertiary/aromatic N) is 2. The van der Waals surface area contributed by atoms with Crippen LogP contribution in [0.1, 0.15) is 5.69 Å². The summed E-state index contributed by atoms with van der Waals surface area (Å²) in [4.78, 5) is 6.95. The second-order valence-corrected chi connectivity index (χ2v) is 3.63. The van der Waals surface area contributed by atoms with Crippen molar-refractivity contribution >= 4 is 11.6 Å². The normalized spacial score (nSPS) is 11.5. The van der Waals surface area contributed by atoms with E-state index in [2.05, 4.69) is 9.97 Å². The van der Waals surface area contributed by atoms with Gasteiger partial charge in [0.05, 0.1) is 10.7 Å². The quantitative estimate of drug-likeness (QED) is 0.777. The maximum absolute atomic E-state index is 12.6. The van der Waals surface area contributed by atoms with Gasteiger partial charge >= 0.3 is 6.18 Å². The summed E-state index contributed by atoms with van der Waals surface area (Å²) in [5, 5.41) is -0.480. The fourth-order valence-corrected chi connectivity index (χ4v) is 1.68. The van der Waals surface area contributed by atoms with E-state index in [4.69, 9.17) is 11.6 Å². The average Bonchev–Trinajstić information content (AvgIpc) is 2.29. The molecular weight excluding hydrogens is 253 g/mol. The third kappa shape index (κ3) is 2.39. The van der Waals surface area contributed by atoms with Gasteiger partial charge in [-0.15, -0.1) is 0 Å². The summed E-state index contributed by atoms with van der Waals surface area (Å²) in [6.07, 6.45) is -3.72. The van der Waals surface area contributed by atoms with Gasteiger partial charge < -0.3 is 0 Å². The lowest BCUT2D eigenvalue weighted by Gasteiger charge is -2.10. The molecular formula is C11H6ClF3N2. The van der Waals surface area contributed by atoms with Crippen LogP contribution in [0.4, 0.5) is 13.2 Å². The molecule has 0 bridgehead atoms. The Morgan fingerprint density at radius 3 is 2.24 bits per heavy atom. The molecule has 0 aliphatic rings. The highest BCUT2D eigenvalue weighted by molar-refractivity contribution is 6.33. The molecule has 0 aliphatic carbocycles. The molecule has 0 atom stereocenters. The number of rotatable bonds is 1. The first-order valence-electron chi connectivity index (χ1n) is 4.63. The lowest BCUT2D eigenvalue weighted by Crippen LogP contribution is -2.10. The molecule has 1 heterocycles. The predicted molar refractivity (Wildman–Crippen MR) is 57.5 cm³/mol. The third-order valence-corrected chi connectivity index (χ3v) is 2.46. The van der Waals surface area contributed by atoms with Crippen LogP contribution in [0.5, 0.6) is 0 Å². The highest BCUT2D eigenvalue weighted by Crippen LogP contribution is 2.36. The van der Waals surface area contributed by atoms with Gasteiger partial charge in [0.2, 0.25) is 0 Å². The van der Waals surface area contributed by atoms with Gasteiger partial charge in [0, 0.05) is 5.56 Å². The first-order chi connectivity index (χ1) is 8.00. The van der Waals surface area contributed by atoms with Crippen LogP contribution >= 0.6 is 11.6 Å². The van der Waals surface area contributed by atoms with Crippen molar-refractivity contribution in [2.75, 3.05) is 0 Å². The smallest absolute Gasteiger partial charge is 0.235 e. The summed E-state index contributed by atoms with van der Waals surface area (Å²) in [6, 6.07) is 8.41. The minimum atomic E-state index is -4.58. The Morgan fingerprint density at radius 2 is 1.65 bits per heavy atom. The monoisotopic (exact) mass is 258 g/mol. The van der Waals surface area contributed by atoms with E-state index < -0.39 is 16.9 Å². The van der Waals surface area contributed by atoms with Crippen molar-refractivity contribution in [2.45, 2.75) is 6.18 Å². The maximum Gasteiger partial charge on any atom is 0.434 e. The minimum Gasteiger partial charge on any atom is -0.235 e. The van der Waals surface area contributed by atoms with Gasteiger partial charge in [-0.1, -0.05) is 41.9 Å². The average molecular weight is 259 g/mol. The Balaban J connectivity index is 2.58. The molecule has 0 unspecified atom stereocenters. The van der Waals surface area contributed by atoms with Crippen LogP contribution < -0.4 is 0 Å². The number of aromatic nitrogens is 2. The van der Waals surface area contributed by atoms with Crippen molar-refractivity contribution in [3.8, 4) is 11.3 Å². The topological polar surface area (TPSA) is 25.8 Å². The molecule has 2 rings (SSSR count). The molecule has 0 aliphatic heterocycles. The lowest BCUT2D eigenvalue weighted by molar-refractivity contribution is -0.141. The summed E-state index contributed by atoms with van der Waals surface area (Å²) < 4.78 is 37.7. The zero-order chi connectivity index (χ0) is 12.5. The highest BCUT2D eigenvalue weighted by Gasteiger charge is 2.36. The molecule has 0 fully saturated rings. The van der Waals surface area contributed by atoms with Crippen molar-refractivity contribution in [1.82, 2.24) is 9.97 Å². The van der Waals surface area contributed by atoms with Crippen molar-refractivity contribution in [3.05, 3.63) is 47.4 Å². The van der Waals surface area contributed by atoms with Crippen LogP contribution in [0.2, 0.25) is 5.02 Å². The van der Waals surface area contributed by atoms with Crippen LogP contribution in [0, 0.1) is 0 Å². The molecule has 0 saturated carbocycles. The van der Waals surface area contributed by atoms with Gasteiger partial charge in [-0.3, -0.25) is 0 Å². The highest BCUT2D eigenvalue weighted by atomic mass is 35.5. The largest absolute Gasteiger partial charge is 0.434 e. The second-order valence-electron chi connectivity index (χ2n) is 3.25. The fourth-order valence-electron chi connectivity index (χ4n) is 1.36. The Bertz CT molecular complexity index is 526. The molecule has 2 aromatic rings. The van der Waals surface area contributed by atoms with Crippen LogP contribution in [0.15, 0.2) is 36.7 Å². The maximum atomic E-state index is 12.6. The van der Waals surface area contributed by atoms with E-state index in [9.17, 15) is 13.2 Å². The lowest BCUT2D eigenvalue weighted by atomic mass is 10.1. The Labute approximate surface area is 100 Å². The van der Waals surface area contributed by atoms with E-state index in [-0.39, 0.29) is 5.69 Å². The predicted octanol–water partition coefficient (Wildman–Crippen LogP) is 3.82. The van der Waals surface area contributed by atoms with Crippen molar-refractivity contribution in [2.24, 2.45) is 0 Å². The Kier molecular flexibility index (Phi) is 3.02. The number of hydrogen-bond donors (Lipinski definition) is 0. The molecule has 17 heavy (non-hydrogen) atoms. The minimum absolute atomic E-state index is 0.0783. The first-order valence-corrected chi connectivity index (χ1v) is 5.01. The zero-order valence-corrected chi connectivity index (χ0v) is 9.13.